The molecular weight excluding hydrogens is 660 g/mol. The van der Waals surface area contributed by atoms with Crippen LogP contribution in [0.5, 0.6) is 5.88 Å². The standard InChI is InChI=1S/C36H34N6O9/c1-20-4-10-24(11-5-20)34(44)49-19-28-27(51-35(45)25-12-6-21(2)7-13-25)18-29(50-28)41-31-30(38-22(3)33(41)43)32(40-36(37)39-31)48-17-16-23-8-14-26(15-9-23)42(46)47/h4-15,27-29H,16-19H2,1-3H3,(H2,37,39,40)/t27-,28+,29+/m0/s1. The Balaban J connectivity index is 1.27. The van der Waals surface area contributed by atoms with Crippen molar-refractivity contribution < 1.29 is 33.5 Å². The molecule has 6 rings (SSSR count). The van der Waals surface area contributed by atoms with E-state index in [-0.39, 0.29) is 54.0 Å². The van der Waals surface area contributed by atoms with Crippen molar-refractivity contribution in [2.24, 2.45) is 0 Å². The molecule has 0 bridgehead atoms. The number of benzene rings is 3. The Kier molecular flexibility index (Phi) is 10.00. The number of rotatable bonds is 11. The van der Waals surface area contributed by atoms with Gasteiger partial charge in [0.05, 0.1) is 22.7 Å². The molecule has 15 nitrogen and oxygen atoms in total. The van der Waals surface area contributed by atoms with Crippen molar-refractivity contribution in [2.75, 3.05) is 18.9 Å². The Morgan fingerprint density at radius 3 is 2.18 bits per heavy atom. The first-order chi connectivity index (χ1) is 24.5. The number of non-ortho nitro benzene ring substituents is 1. The molecule has 262 valence electrons. The minimum absolute atomic E-state index is 0.00303. The lowest BCUT2D eigenvalue weighted by Crippen LogP contribution is -2.32. The van der Waals surface area contributed by atoms with Gasteiger partial charge in [0.2, 0.25) is 11.8 Å². The van der Waals surface area contributed by atoms with Crippen LogP contribution in [0.15, 0.2) is 77.6 Å². The number of hydrogen-bond acceptors (Lipinski definition) is 13. The van der Waals surface area contributed by atoms with E-state index >= 15 is 0 Å². The molecule has 3 atom stereocenters. The molecule has 0 spiro atoms. The molecule has 5 aromatic rings. The van der Waals surface area contributed by atoms with Crippen LogP contribution in [-0.4, -0.2) is 61.8 Å². The number of esters is 2. The van der Waals surface area contributed by atoms with Crippen LogP contribution < -0.4 is 16.0 Å². The predicted octanol–water partition coefficient (Wildman–Crippen LogP) is 4.59. The molecule has 2 aromatic heterocycles. The molecule has 1 aliphatic rings. The lowest BCUT2D eigenvalue weighted by Gasteiger charge is -2.19. The molecule has 3 heterocycles. The summed E-state index contributed by atoms with van der Waals surface area (Å²) in [6.07, 6.45) is -2.54. The van der Waals surface area contributed by atoms with E-state index in [4.69, 9.17) is 24.7 Å². The molecule has 0 radical (unpaired) electrons. The molecule has 0 unspecified atom stereocenters. The fourth-order valence-corrected chi connectivity index (χ4v) is 5.57. The normalized spacial score (nSPS) is 16.9. The van der Waals surface area contributed by atoms with Gasteiger partial charge in [0, 0.05) is 25.0 Å². The number of nitrogens with two attached hydrogens (primary N) is 1. The highest BCUT2D eigenvalue weighted by atomic mass is 16.6. The molecule has 15 heteroatoms. The first-order valence-corrected chi connectivity index (χ1v) is 16.1. The van der Waals surface area contributed by atoms with Crippen LogP contribution in [0, 0.1) is 30.9 Å². The van der Waals surface area contributed by atoms with Crippen molar-refractivity contribution in [1.82, 2.24) is 19.5 Å². The average Bonchev–Trinajstić information content (AvgIpc) is 3.50. The number of hydrogen-bond donors (Lipinski definition) is 1. The second-order valence-corrected chi connectivity index (χ2v) is 12.1. The monoisotopic (exact) mass is 694 g/mol. The average molecular weight is 695 g/mol. The SMILES string of the molecule is Cc1ccc(C(=O)OC[C@H]2O[C@@H](n3c(=O)c(C)nc4c(OCCc5ccc([N+](=O)[O-])cc5)nc(N)nc43)C[C@@H]2OC(=O)c2ccc(C)cc2)cc1. The van der Waals surface area contributed by atoms with E-state index in [0.717, 1.165) is 16.7 Å². The first kappa shape index (κ1) is 34.6. The van der Waals surface area contributed by atoms with Gasteiger partial charge in [0.1, 0.15) is 30.7 Å². The van der Waals surface area contributed by atoms with Gasteiger partial charge in [-0.15, -0.1) is 0 Å². The molecular formula is C36H34N6O9. The van der Waals surface area contributed by atoms with E-state index in [1.165, 1.54) is 23.6 Å². The van der Waals surface area contributed by atoms with Gasteiger partial charge < -0.3 is 24.7 Å². The Hall–Kier alpha value is -6.22. The largest absolute Gasteiger partial charge is 0.476 e. The van der Waals surface area contributed by atoms with Crippen molar-refractivity contribution >= 4 is 34.7 Å². The van der Waals surface area contributed by atoms with Gasteiger partial charge in [0.25, 0.3) is 11.2 Å². The van der Waals surface area contributed by atoms with E-state index in [1.54, 1.807) is 60.7 Å². The summed E-state index contributed by atoms with van der Waals surface area (Å²) < 4.78 is 25.0. The summed E-state index contributed by atoms with van der Waals surface area (Å²) in [5, 5.41) is 11.0. The summed E-state index contributed by atoms with van der Waals surface area (Å²) in [4.78, 5) is 63.2. The van der Waals surface area contributed by atoms with Crippen LogP contribution >= 0.6 is 0 Å². The van der Waals surface area contributed by atoms with E-state index in [2.05, 4.69) is 15.0 Å². The maximum Gasteiger partial charge on any atom is 0.338 e. The topological polar surface area (TPSA) is 201 Å². The summed E-state index contributed by atoms with van der Waals surface area (Å²) in [5.74, 6) is -1.39. The van der Waals surface area contributed by atoms with Crippen molar-refractivity contribution in [1.29, 1.82) is 0 Å². The van der Waals surface area contributed by atoms with Gasteiger partial charge in [-0.25, -0.2) is 14.6 Å². The zero-order valence-electron chi connectivity index (χ0n) is 28.0. The second-order valence-electron chi connectivity index (χ2n) is 12.1. The second kappa shape index (κ2) is 14.7. The third kappa shape index (κ3) is 7.83. The van der Waals surface area contributed by atoms with E-state index in [1.807, 2.05) is 13.8 Å². The zero-order chi connectivity index (χ0) is 36.2. The Morgan fingerprint density at radius 1 is 0.922 bits per heavy atom. The van der Waals surface area contributed by atoms with Crippen LogP contribution in [0.4, 0.5) is 11.6 Å². The van der Waals surface area contributed by atoms with Crippen LogP contribution in [0.3, 0.4) is 0 Å². The number of nitro benzene ring substituents is 1. The fourth-order valence-electron chi connectivity index (χ4n) is 5.57. The number of carbonyl (C=O) groups is 2. The van der Waals surface area contributed by atoms with E-state index in [9.17, 15) is 24.5 Å². The van der Waals surface area contributed by atoms with Gasteiger partial charge in [-0.3, -0.25) is 19.5 Å². The number of nitrogen functional groups attached to an aromatic ring is 1. The molecule has 1 aliphatic heterocycles. The molecule has 1 fully saturated rings. The predicted molar refractivity (Wildman–Crippen MR) is 183 cm³/mol. The number of fused-ring (bicyclic) bond motifs is 1. The van der Waals surface area contributed by atoms with Crippen molar-refractivity contribution in [2.45, 2.75) is 52.0 Å². The Bertz CT molecular complexity index is 2150. The molecule has 1 saturated heterocycles. The smallest absolute Gasteiger partial charge is 0.338 e. The lowest BCUT2D eigenvalue weighted by atomic mass is 10.1. The van der Waals surface area contributed by atoms with Crippen LogP contribution in [0.2, 0.25) is 0 Å². The summed E-state index contributed by atoms with van der Waals surface area (Å²) in [6, 6.07) is 19.8. The van der Waals surface area contributed by atoms with Crippen molar-refractivity contribution in [3.05, 3.63) is 127 Å². The lowest BCUT2D eigenvalue weighted by molar-refractivity contribution is -0.384. The summed E-state index contributed by atoms with van der Waals surface area (Å²) in [7, 11) is 0. The maximum absolute atomic E-state index is 13.7. The van der Waals surface area contributed by atoms with E-state index in [0.29, 0.717) is 17.5 Å². The quantitative estimate of drug-likeness (QED) is 0.114. The minimum atomic E-state index is -1.04. The van der Waals surface area contributed by atoms with Crippen molar-refractivity contribution in [3.63, 3.8) is 0 Å². The maximum atomic E-state index is 13.7. The number of ether oxygens (including phenoxy) is 4. The number of carbonyl (C=O) groups excluding carboxylic acids is 2. The number of aromatic nitrogens is 4. The highest BCUT2D eigenvalue weighted by Gasteiger charge is 2.41. The molecule has 0 amide bonds. The summed E-state index contributed by atoms with van der Waals surface area (Å²) >= 11 is 0. The summed E-state index contributed by atoms with van der Waals surface area (Å²) in [5.41, 5.74) is 9.13. The molecule has 3 aromatic carbocycles. The van der Waals surface area contributed by atoms with E-state index < -0.39 is 40.9 Å². The minimum Gasteiger partial charge on any atom is -0.476 e. The number of nitro groups is 1. The van der Waals surface area contributed by atoms with Crippen molar-refractivity contribution in [3.8, 4) is 5.88 Å². The number of aryl methyl sites for hydroxylation is 3. The van der Waals surface area contributed by atoms with Gasteiger partial charge in [-0.2, -0.15) is 9.97 Å². The number of nitrogens with zero attached hydrogens (tertiary/aromatic N) is 5. The van der Waals surface area contributed by atoms with Gasteiger partial charge in [0.15, 0.2) is 11.2 Å². The Morgan fingerprint density at radius 2 is 1.55 bits per heavy atom. The van der Waals surface area contributed by atoms with Crippen LogP contribution in [-0.2, 0) is 20.6 Å². The van der Waals surface area contributed by atoms with Gasteiger partial charge in [-0.05, 0) is 50.6 Å². The fraction of sp³-hybridized carbons (Fsp3) is 0.278. The molecule has 51 heavy (non-hydrogen) atoms. The first-order valence-electron chi connectivity index (χ1n) is 16.1. The molecule has 2 N–H and O–H groups in total. The molecule has 0 aliphatic carbocycles. The van der Waals surface area contributed by atoms with Gasteiger partial charge in [-0.1, -0.05) is 47.5 Å². The molecule has 0 saturated carbocycles. The number of anilines is 1. The van der Waals surface area contributed by atoms with Crippen LogP contribution in [0.25, 0.3) is 11.2 Å². The highest BCUT2D eigenvalue weighted by molar-refractivity contribution is 5.90. The summed E-state index contributed by atoms with van der Waals surface area (Å²) in [6.45, 7) is 5.14. The zero-order valence-corrected chi connectivity index (χ0v) is 28.0. The Labute approximate surface area is 291 Å². The third-order valence-corrected chi connectivity index (χ3v) is 8.34. The third-order valence-electron chi connectivity index (χ3n) is 8.34. The highest BCUT2D eigenvalue weighted by Crippen LogP contribution is 2.34. The van der Waals surface area contributed by atoms with Crippen LogP contribution in [0.1, 0.15) is 55.7 Å². The van der Waals surface area contributed by atoms with Gasteiger partial charge >= 0.3 is 11.9 Å².